The molecule has 5 nitrogen and oxygen atoms in total. The molecule has 0 aromatic rings. The molecule has 16 heavy (non-hydrogen) atoms. The second-order valence-corrected chi connectivity index (χ2v) is 4.42. The number of hydrogen-bond donors (Lipinski definition) is 2. The van der Waals surface area contributed by atoms with Crippen molar-refractivity contribution < 1.29 is 19.4 Å². The van der Waals surface area contributed by atoms with Crippen molar-refractivity contribution in [2.45, 2.75) is 39.2 Å². The highest BCUT2D eigenvalue weighted by Gasteiger charge is 2.50. The van der Waals surface area contributed by atoms with Crippen LogP contribution in [0.5, 0.6) is 0 Å². The minimum Gasteiger partial charge on any atom is -0.480 e. The van der Waals surface area contributed by atoms with Crippen molar-refractivity contribution in [1.29, 1.82) is 0 Å². The zero-order valence-corrected chi connectivity index (χ0v) is 9.78. The monoisotopic (exact) mass is 229 g/mol. The quantitative estimate of drug-likeness (QED) is 0.521. The van der Waals surface area contributed by atoms with Gasteiger partial charge in [0.05, 0.1) is 12.7 Å². The largest absolute Gasteiger partial charge is 0.480 e. The maximum Gasteiger partial charge on any atom is 0.319 e. The third-order valence-corrected chi connectivity index (χ3v) is 2.89. The van der Waals surface area contributed by atoms with Gasteiger partial charge in [0, 0.05) is 6.54 Å². The Kier molecular flexibility index (Phi) is 4.29. The highest BCUT2D eigenvalue weighted by molar-refractivity contribution is 6.02. The number of carboxylic acid groups (broad SMARTS) is 1. The van der Waals surface area contributed by atoms with E-state index in [2.05, 4.69) is 5.32 Å². The Morgan fingerprint density at radius 1 is 1.44 bits per heavy atom. The van der Waals surface area contributed by atoms with Crippen LogP contribution in [0.15, 0.2) is 0 Å². The van der Waals surface area contributed by atoms with Crippen LogP contribution < -0.4 is 5.32 Å². The summed E-state index contributed by atoms with van der Waals surface area (Å²) < 4.78 is 5.25. The average molecular weight is 229 g/mol. The van der Waals surface area contributed by atoms with E-state index in [-0.39, 0.29) is 12.0 Å². The predicted octanol–water partition coefficient (Wildman–Crippen LogP) is 0.782. The first-order chi connectivity index (χ1) is 7.49. The number of hydrogen-bond acceptors (Lipinski definition) is 3. The molecule has 0 aromatic carbocycles. The van der Waals surface area contributed by atoms with E-state index in [1.54, 1.807) is 0 Å². The van der Waals surface area contributed by atoms with Crippen molar-refractivity contribution in [3.05, 3.63) is 0 Å². The highest BCUT2D eigenvalue weighted by atomic mass is 16.5. The molecule has 0 spiro atoms. The molecule has 0 bridgehead atoms. The molecule has 1 aliphatic rings. The highest BCUT2D eigenvalue weighted by Crippen LogP contribution is 2.41. The number of rotatable bonds is 6. The second kappa shape index (κ2) is 5.30. The van der Waals surface area contributed by atoms with Gasteiger partial charge in [0.25, 0.3) is 0 Å². The van der Waals surface area contributed by atoms with Crippen LogP contribution in [0.3, 0.4) is 0 Å². The van der Waals surface area contributed by atoms with Crippen LogP contribution in [0.2, 0.25) is 0 Å². The molecule has 0 unspecified atom stereocenters. The minimum atomic E-state index is -1.17. The SMILES string of the molecule is CC(C)OCCNC(=O)C1(C(=O)O)CCC1. The molecule has 5 heteroatoms. The maximum absolute atomic E-state index is 11.7. The Balaban J connectivity index is 2.31. The number of ether oxygens (including phenoxy) is 1. The molecule has 1 aliphatic carbocycles. The van der Waals surface area contributed by atoms with Crippen LogP contribution in [0, 0.1) is 5.41 Å². The standard InChI is InChI=1S/C11H19NO4/c1-8(2)16-7-6-12-9(13)11(10(14)15)4-3-5-11/h8H,3-7H2,1-2H3,(H,12,13)(H,14,15). The van der Waals surface area contributed by atoms with E-state index >= 15 is 0 Å². The van der Waals surface area contributed by atoms with Gasteiger partial charge >= 0.3 is 5.97 Å². The number of carbonyl (C=O) groups excluding carboxylic acids is 1. The molecule has 0 atom stereocenters. The van der Waals surface area contributed by atoms with Crippen LogP contribution in [0.4, 0.5) is 0 Å². The third kappa shape index (κ3) is 2.72. The summed E-state index contributed by atoms with van der Waals surface area (Å²) in [5.74, 6) is -1.39. The number of nitrogens with one attached hydrogen (secondary N) is 1. The minimum absolute atomic E-state index is 0.119. The number of carbonyl (C=O) groups is 2. The van der Waals surface area contributed by atoms with Gasteiger partial charge in [-0.25, -0.2) is 0 Å². The van der Waals surface area contributed by atoms with Gasteiger partial charge in [-0.05, 0) is 26.7 Å². The summed E-state index contributed by atoms with van der Waals surface area (Å²) in [6.45, 7) is 4.60. The van der Waals surface area contributed by atoms with Crippen molar-refractivity contribution in [3.63, 3.8) is 0 Å². The van der Waals surface area contributed by atoms with Gasteiger partial charge in [0.2, 0.25) is 5.91 Å². The summed E-state index contributed by atoms with van der Waals surface area (Å²) in [5, 5.41) is 11.6. The summed E-state index contributed by atoms with van der Waals surface area (Å²) in [7, 11) is 0. The van der Waals surface area contributed by atoms with Crippen molar-refractivity contribution in [2.75, 3.05) is 13.2 Å². The maximum atomic E-state index is 11.7. The molecule has 92 valence electrons. The lowest BCUT2D eigenvalue weighted by atomic mass is 9.68. The van der Waals surface area contributed by atoms with Gasteiger partial charge in [-0.3, -0.25) is 9.59 Å². The summed E-state index contributed by atoms with van der Waals surface area (Å²) in [4.78, 5) is 22.7. The van der Waals surface area contributed by atoms with E-state index in [1.807, 2.05) is 13.8 Å². The molecule has 0 aliphatic heterocycles. The van der Waals surface area contributed by atoms with Gasteiger partial charge in [0.15, 0.2) is 0 Å². The van der Waals surface area contributed by atoms with Crippen LogP contribution in [-0.2, 0) is 14.3 Å². The molecule has 1 amide bonds. The average Bonchev–Trinajstić information content (AvgIpc) is 2.09. The lowest BCUT2D eigenvalue weighted by molar-refractivity contribution is -0.162. The van der Waals surface area contributed by atoms with Crippen molar-refractivity contribution in [2.24, 2.45) is 5.41 Å². The van der Waals surface area contributed by atoms with E-state index in [1.165, 1.54) is 0 Å². The lowest BCUT2D eigenvalue weighted by Gasteiger charge is -2.35. The number of aliphatic carboxylic acids is 1. The Morgan fingerprint density at radius 2 is 2.06 bits per heavy atom. The molecular weight excluding hydrogens is 210 g/mol. The van der Waals surface area contributed by atoms with Gasteiger partial charge in [-0.2, -0.15) is 0 Å². The van der Waals surface area contributed by atoms with Crippen molar-refractivity contribution in [1.82, 2.24) is 5.32 Å². The molecule has 1 fully saturated rings. The Labute approximate surface area is 95.2 Å². The van der Waals surface area contributed by atoms with Crippen molar-refractivity contribution in [3.8, 4) is 0 Å². The lowest BCUT2D eigenvalue weighted by Crippen LogP contribution is -2.51. The van der Waals surface area contributed by atoms with Gasteiger partial charge in [-0.1, -0.05) is 6.42 Å². The molecule has 0 radical (unpaired) electrons. The van der Waals surface area contributed by atoms with Crippen LogP contribution in [0.25, 0.3) is 0 Å². The molecule has 0 aromatic heterocycles. The Morgan fingerprint density at radius 3 is 2.44 bits per heavy atom. The van der Waals surface area contributed by atoms with E-state index in [4.69, 9.17) is 9.84 Å². The molecule has 2 N–H and O–H groups in total. The van der Waals surface area contributed by atoms with Crippen LogP contribution in [0.1, 0.15) is 33.1 Å². The van der Waals surface area contributed by atoms with Gasteiger partial charge < -0.3 is 15.2 Å². The topological polar surface area (TPSA) is 75.6 Å². The second-order valence-electron chi connectivity index (χ2n) is 4.42. The summed E-state index contributed by atoms with van der Waals surface area (Å²) in [6, 6.07) is 0. The Bertz CT molecular complexity index is 271. The fourth-order valence-electron chi connectivity index (χ4n) is 1.70. The zero-order valence-electron chi connectivity index (χ0n) is 9.78. The smallest absolute Gasteiger partial charge is 0.319 e. The number of carboxylic acids is 1. The first-order valence-electron chi connectivity index (χ1n) is 5.62. The van der Waals surface area contributed by atoms with Gasteiger partial charge in [0.1, 0.15) is 5.41 Å². The van der Waals surface area contributed by atoms with Crippen LogP contribution >= 0.6 is 0 Å². The summed E-state index contributed by atoms with van der Waals surface area (Å²) >= 11 is 0. The Hall–Kier alpha value is -1.10. The third-order valence-electron chi connectivity index (χ3n) is 2.89. The van der Waals surface area contributed by atoms with Crippen molar-refractivity contribution >= 4 is 11.9 Å². The molecule has 0 heterocycles. The normalized spacial score (nSPS) is 17.9. The number of amides is 1. The summed E-state index contributed by atoms with van der Waals surface area (Å²) in [6.07, 6.45) is 1.81. The molecule has 1 saturated carbocycles. The van der Waals surface area contributed by atoms with E-state index in [9.17, 15) is 9.59 Å². The fourth-order valence-corrected chi connectivity index (χ4v) is 1.70. The van der Waals surface area contributed by atoms with E-state index in [0.717, 1.165) is 6.42 Å². The summed E-state index contributed by atoms with van der Waals surface area (Å²) in [5.41, 5.74) is -1.17. The van der Waals surface area contributed by atoms with E-state index < -0.39 is 11.4 Å². The van der Waals surface area contributed by atoms with Gasteiger partial charge in [-0.15, -0.1) is 0 Å². The zero-order chi connectivity index (χ0) is 12.2. The molecule has 1 rings (SSSR count). The van der Waals surface area contributed by atoms with Crippen LogP contribution in [-0.4, -0.2) is 36.2 Å². The molecular formula is C11H19NO4. The van der Waals surface area contributed by atoms with E-state index in [0.29, 0.717) is 26.0 Å². The molecule has 0 saturated heterocycles. The fraction of sp³-hybridized carbons (Fsp3) is 0.818. The first-order valence-corrected chi connectivity index (χ1v) is 5.62. The predicted molar refractivity (Wildman–Crippen MR) is 58.0 cm³/mol. The first kappa shape index (κ1) is 13.0.